The van der Waals surface area contributed by atoms with Crippen LogP contribution in [0.4, 0.5) is 5.69 Å². The summed E-state index contributed by atoms with van der Waals surface area (Å²) in [5.74, 6) is 0.884. The third-order valence-electron chi connectivity index (χ3n) is 4.80. The van der Waals surface area contributed by atoms with Gasteiger partial charge in [-0.2, -0.15) is 0 Å². The van der Waals surface area contributed by atoms with Gasteiger partial charge in [0, 0.05) is 26.6 Å². The van der Waals surface area contributed by atoms with Crippen LogP contribution in [0.1, 0.15) is 43.1 Å². The predicted molar refractivity (Wildman–Crippen MR) is 84.9 cm³/mol. The second-order valence-electron chi connectivity index (χ2n) is 6.40. The maximum Gasteiger partial charge on any atom is 0.178 e. The van der Waals surface area contributed by atoms with E-state index < -0.39 is 0 Å². The average Bonchev–Trinajstić information content (AvgIpc) is 3.01. The second-order valence-corrected chi connectivity index (χ2v) is 6.40. The Labute approximate surface area is 127 Å². The van der Waals surface area contributed by atoms with E-state index in [0.717, 1.165) is 24.7 Å². The molecule has 114 valence electrons. The molecule has 0 radical (unpaired) electrons. The second kappa shape index (κ2) is 6.56. The van der Waals surface area contributed by atoms with Crippen molar-refractivity contribution < 1.29 is 4.79 Å². The summed E-state index contributed by atoms with van der Waals surface area (Å²) in [7, 11) is 0. The molecule has 4 nitrogen and oxygen atoms in total. The van der Waals surface area contributed by atoms with Crippen molar-refractivity contribution in [1.29, 1.82) is 0 Å². The maximum atomic E-state index is 11.3. The number of nitrogens with zero attached hydrogens (tertiary/aromatic N) is 3. The molecule has 0 aromatic carbocycles. The van der Waals surface area contributed by atoms with Crippen LogP contribution in [-0.2, 0) is 0 Å². The number of likely N-dealkylation sites (tertiary alicyclic amines) is 1. The lowest BCUT2D eigenvalue weighted by Crippen LogP contribution is -2.38. The summed E-state index contributed by atoms with van der Waals surface area (Å²) < 4.78 is 0. The molecule has 2 aliphatic heterocycles. The fraction of sp³-hybridized carbons (Fsp3) is 0.647. The normalized spacial score (nSPS) is 20.9. The Morgan fingerprint density at radius 3 is 2.48 bits per heavy atom. The van der Waals surface area contributed by atoms with Crippen LogP contribution in [-0.4, -0.2) is 48.4 Å². The van der Waals surface area contributed by atoms with Crippen molar-refractivity contribution in [2.75, 3.05) is 37.6 Å². The fourth-order valence-corrected chi connectivity index (χ4v) is 3.49. The summed E-state index contributed by atoms with van der Waals surface area (Å²) in [4.78, 5) is 20.5. The van der Waals surface area contributed by atoms with E-state index in [4.69, 9.17) is 0 Å². The van der Waals surface area contributed by atoms with E-state index >= 15 is 0 Å². The first-order valence-electron chi connectivity index (χ1n) is 8.16. The van der Waals surface area contributed by atoms with Gasteiger partial charge in [-0.1, -0.05) is 0 Å². The molecule has 1 aromatic heterocycles. The summed E-state index contributed by atoms with van der Waals surface area (Å²) in [6.07, 6.45) is 7.15. The van der Waals surface area contributed by atoms with E-state index in [-0.39, 0.29) is 5.78 Å². The number of ketones is 1. The van der Waals surface area contributed by atoms with Crippen LogP contribution < -0.4 is 4.90 Å². The third-order valence-corrected chi connectivity index (χ3v) is 4.80. The smallest absolute Gasteiger partial charge is 0.178 e. The third kappa shape index (κ3) is 3.62. The highest BCUT2D eigenvalue weighted by molar-refractivity contribution is 5.92. The molecule has 21 heavy (non-hydrogen) atoms. The van der Waals surface area contributed by atoms with Crippen LogP contribution in [0.3, 0.4) is 0 Å². The summed E-state index contributed by atoms with van der Waals surface area (Å²) in [5.41, 5.74) is 1.71. The van der Waals surface area contributed by atoms with E-state index in [1.165, 1.54) is 45.3 Å². The molecule has 0 bridgehead atoms. The predicted octanol–water partition coefficient (Wildman–Crippen LogP) is 2.60. The van der Waals surface area contributed by atoms with Crippen LogP contribution in [0.15, 0.2) is 18.3 Å². The number of carbonyl (C=O) groups is 1. The maximum absolute atomic E-state index is 11.3. The van der Waals surface area contributed by atoms with Gasteiger partial charge in [-0.25, -0.2) is 0 Å². The number of Topliss-reactive ketones (excluding diaryl/α,β-unsaturated/α-hetero) is 1. The summed E-state index contributed by atoms with van der Waals surface area (Å²) >= 11 is 0. The van der Waals surface area contributed by atoms with Crippen molar-refractivity contribution >= 4 is 11.5 Å². The van der Waals surface area contributed by atoms with Crippen molar-refractivity contribution in [2.24, 2.45) is 5.92 Å². The Bertz CT molecular complexity index is 471. The molecule has 0 unspecified atom stereocenters. The molecule has 2 fully saturated rings. The largest absolute Gasteiger partial charge is 0.370 e. The Morgan fingerprint density at radius 1 is 1.19 bits per heavy atom. The number of carbonyl (C=O) groups excluding carboxylic acids is 1. The number of rotatable bonds is 4. The van der Waals surface area contributed by atoms with Crippen LogP contribution >= 0.6 is 0 Å². The van der Waals surface area contributed by atoms with Crippen LogP contribution in [0, 0.1) is 5.92 Å². The zero-order valence-electron chi connectivity index (χ0n) is 12.9. The molecule has 3 rings (SSSR count). The summed E-state index contributed by atoms with van der Waals surface area (Å²) in [6.45, 7) is 7.67. The standard InChI is InChI=1S/C17H25N3O/c1-14(21)17-5-4-16(12-18-17)20-10-6-15(7-11-20)13-19-8-2-3-9-19/h4-5,12,15H,2-3,6-11,13H2,1H3. The Kier molecular flexibility index (Phi) is 4.54. The van der Waals surface area contributed by atoms with Crippen molar-refractivity contribution in [3.05, 3.63) is 24.0 Å². The minimum atomic E-state index is 0.0332. The van der Waals surface area contributed by atoms with E-state index in [9.17, 15) is 4.79 Å². The van der Waals surface area contributed by atoms with Gasteiger partial charge in [0.25, 0.3) is 0 Å². The van der Waals surface area contributed by atoms with Crippen LogP contribution in [0.5, 0.6) is 0 Å². The van der Waals surface area contributed by atoms with E-state index in [2.05, 4.69) is 14.8 Å². The number of pyridine rings is 1. The molecule has 4 heteroatoms. The minimum Gasteiger partial charge on any atom is -0.370 e. The molecule has 2 aliphatic rings. The Hall–Kier alpha value is -1.42. The average molecular weight is 287 g/mol. The molecular formula is C17H25N3O. The molecule has 0 spiro atoms. The Morgan fingerprint density at radius 2 is 1.90 bits per heavy atom. The fourth-order valence-electron chi connectivity index (χ4n) is 3.49. The van der Waals surface area contributed by atoms with E-state index in [1.54, 1.807) is 6.92 Å². The van der Waals surface area contributed by atoms with Gasteiger partial charge in [0.05, 0.1) is 11.9 Å². The molecular weight excluding hydrogens is 262 g/mol. The highest BCUT2D eigenvalue weighted by atomic mass is 16.1. The number of hydrogen-bond donors (Lipinski definition) is 0. The Balaban J connectivity index is 1.51. The SMILES string of the molecule is CC(=O)c1ccc(N2CCC(CN3CCCC3)CC2)cn1. The molecule has 0 amide bonds. The molecule has 0 aliphatic carbocycles. The highest BCUT2D eigenvalue weighted by Gasteiger charge is 2.23. The molecule has 2 saturated heterocycles. The van der Waals surface area contributed by atoms with Gasteiger partial charge in [0.2, 0.25) is 0 Å². The molecule has 0 N–H and O–H groups in total. The number of anilines is 1. The van der Waals surface area contributed by atoms with Gasteiger partial charge >= 0.3 is 0 Å². The topological polar surface area (TPSA) is 36.4 Å². The van der Waals surface area contributed by atoms with Gasteiger partial charge < -0.3 is 9.80 Å². The van der Waals surface area contributed by atoms with Gasteiger partial charge in [-0.3, -0.25) is 9.78 Å². The zero-order chi connectivity index (χ0) is 14.7. The number of piperidine rings is 1. The number of hydrogen-bond acceptors (Lipinski definition) is 4. The molecule has 3 heterocycles. The van der Waals surface area contributed by atoms with Crippen molar-refractivity contribution in [1.82, 2.24) is 9.88 Å². The lowest BCUT2D eigenvalue weighted by atomic mass is 9.96. The van der Waals surface area contributed by atoms with Gasteiger partial charge in [-0.15, -0.1) is 0 Å². The quantitative estimate of drug-likeness (QED) is 0.798. The minimum absolute atomic E-state index is 0.0332. The van der Waals surface area contributed by atoms with Gasteiger partial charge in [0.1, 0.15) is 5.69 Å². The summed E-state index contributed by atoms with van der Waals surface area (Å²) in [6, 6.07) is 3.87. The van der Waals surface area contributed by atoms with Crippen molar-refractivity contribution in [3.8, 4) is 0 Å². The zero-order valence-corrected chi connectivity index (χ0v) is 12.9. The molecule has 0 atom stereocenters. The lowest BCUT2D eigenvalue weighted by molar-refractivity contribution is 0.101. The van der Waals surface area contributed by atoms with E-state index in [0.29, 0.717) is 5.69 Å². The summed E-state index contributed by atoms with van der Waals surface area (Å²) in [5, 5.41) is 0. The first kappa shape index (κ1) is 14.5. The van der Waals surface area contributed by atoms with Gasteiger partial charge in [-0.05, 0) is 56.8 Å². The number of aromatic nitrogens is 1. The van der Waals surface area contributed by atoms with Crippen molar-refractivity contribution in [3.63, 3.8) is 0 Å². The van der Waals surface area contributed by atoms with Crippen LogP contribution in [0.2, 0.25) is 0 Å². The monoisotopic (exact) mass is 287 g/mol. The van der Waals surface area contributed by atoms with Crippen LogP contribution in [0.25, 0.3) is 0 Å². The highest BCUT2D eigenvalue weighted by Crippen LogP contribution is 2.24. The van der Waals surface area contributed by atoms with Crippen molar-refractivity contribution in [2.45, 2.75) is 32.6 Å². The first-order valence-corrected chi connectivity index (χ1v) is 8.16. The molecule has 1 aromatic rings. The lowest BCUT2D eigenvalue weighted by Gasteiger charge is -2.35. The van der Waals surface area contributed by atoms with Gasteiger partial charge in [0.15, 0.2) is 5.78 Å². The van der Waals surface area contributed by atoms with E-state index in [1.807, 2.05) is 18.3 Å². The molecule has 0 saturated carbocycles. The first-order chi connectivity index (χ1) is 10.2.